The highest BCUT2D eigenvalue weighted by molar-refractivity contribution is 5.19. The summed E-state index contributed by atoms with van der Waals surface area (Å²) in [5.74, 6) is 0. The molecule has 1 rings (SSSR count). The fourth-order valence-electron chi connectivity index (χ4n) is 1.88. The maximum atomic E-state index is 6.27. The van der Waals surface area contributed by atoms with Crippen LogP contribution in [-0.2, 0) is 4.74 Å². The molecule has 102 valence electrons. The summed E-state index contributed by atoms with van der Waals surface area (Å²) in [6.07, 6.45) is 2.11. The van der Waals surface area contributed by atoms with E-state index >= 15 is 0 Å². The molecule has 2 atom stereocenters. The van der Waals surface area contributed by atoms with Gasteiger partial charge in [0.05, 0.1) is 12.1 Å². The molecule has 0 saturated carbocycles. The van der Waals surface area contributed by atoms with Crippen LogP contribution in [0.25, 0.3) is 0 Å². The summed E-state index contributed by atoms with van der Waals surface area (Å²) in [7, 11) is 0. The first-order chi connectivity index (χ1) is 8.44. The largest absolute Gasteiger partial charge is 0.376 e. The molecule has 0 aromatic heterocycles. The second-order valence-electron chi connectivity index (χ2n) is 6.06. The lowest BCUT2D eigenvalue weighted by atomic mass is 9.93. The van der Waals surface area contributed by atoms with E-state index in [1.165, 1.54) is 0 Å². The number of hydrogen-bond acceptors (Lipinski definition) is 2. The van der Waals surface area contributed by atoms with Crippen molar-refractivity contribution in [3.63, 3.8) is 0 Å². The SMILES string of the molecule is CCC(OCCC(C)(C)C)C(N)c1ccccc1. The van der Waals surface area contributed by atoms with Crippen LogP contribution in [0.5, 0.6) is 0 Å². The molecule has 0 fully saturated rings. The quantitative estimate of drug-likeness (QED) is 0.829. The molecule has 2 heteroatoms. The van der Waals surface area contributed by atoms with E-state index in [0.29, 0.717) is 5.41 Å². The van der Waals surface area contributed by atoms with Gasteiger partial charge >= 0.3 is 0 Å². The first-order valence-electron chi connectivity index (χ1n) is 6.86. The van der Waals surface area contributed by atoms with E-state index in [2.05, 4.69) is 39.8 Å². The summed E-state index contributed by atoms with van der Waals surface area (Å²) in [4.78, 5) is 0. The first-order valence-corrected chi connectivity index (χ1v) is 6.86. The van der Waals surface area contributed by atoms with Crippen molar-refractivity contribution in [1.82, 2.24) is 0 Å². The number of rotatable bonds is 6. The van der Waals surface area contributed by atoms with Crippen molar-refractivity contribution >= 4 is 0 Å². The monoisotopic (exact) mass is 249 g/mol. The molecule has 0 bridgehead atoms. The molecule has 1 aromatic carbocycles. The second kappa shape index (κ2) is 6.91. The second-order valence-corrected chi connectivity index (χ2v) is 6.06. The van der Waals surface area contributed by atoms with Gasteiger partial charge < -0.3 is 10.5 Å². The molecule has 2 N–H and O–H groups in total. The smallest absolute Gasteiger partial charge is 0.0765 e. The zero-order chi connectivity index (χ0) is 13.6. The highest BCUT2D eigenvalue weighted by Crippen LogP contribution is 2.22. The van der Waals surface area contributed by atoms with Gasteiger partial charge in [-0.15, -0.1) is 0 Å². The fourth-order valence-corrected chi connectivity index (χ4v) is 1.88. The molecule has 0 spiro atoms. The first kappa shape index (κ1) is 15.2. The maximum absolute atomic E-state index is 6.27. The Bertz CT molecular complexity index is 329. The van der Waals surface area contributed by atoms with Crippen LogP contribution >= 0.6 is 0 Å². The Kier molecular flexibility index (Phi) is 5.83. The third-order valence-corrected chi connectivity index (χ3v) is 3.17. The Morgan fingerprint density at radius 2 is 1.78 bits per heavy atom. The van der Waals surface area contributed by atoms with Crippen LogP contribution in [0.1, 0.15) is 52.1 Å². The van der Waals surface area contributed by atoms with Gasteiger partial charge in [-0.2, -0.15) is 0 Å². The molecule has 0 saturated heterocycles. The van der Waals surface area contributed by atoms with Crippen LogP contribution in [0.4, 0.5) is 0 Å². The minimum Gasteiger partial charge on any atom is -0.376 e. The van der Waals surface area contributed by atoms with Crippen LogP contribution in [0.2, 0.25) is 0 Å². The van der Waals surface area contributed by atoms with Gasteiger partial charge in [0, 0.05) is 6.61 Å². The van der Waals surface area contributed by atoms with Crippen LogP contribution in [0, 0.1) is 5.41 Å². The van der Waals surface area contributed by atoms with Gasteiger partial charge in [-0.05, 0) is 23.8 Å². The Hall–Kier alpha value is -0.860. The molecule has 18 heavy (non-hydrogen) atoms. The minimum atomic E-state index is -0.0313. The molecule has 0 aliphatic heterocycles. The van der Waals surface area contributed by atoms with Gasteiger partial charge in [0.15, 0.2) is 0 Å². The predicted octanol–water partition coefficient (Wildman–Crippen LogP) is 3.92. The highest BCUT2D eigenvalue weighted by Gasteiger charge is 2.19. The zero-order valence-corrected chi connectivity index (χ0v) is 12.1. The van der Waals surface area contributed by atoms with Gasteiger partial charge in [-0.1, -0.05) is 58.0 Å². The lowest BCUT2D eigenvalue weighted by Crippen LogP contribution is -2.29. The van der Waals surface area contributed by atoms with E-state index in [1.54, 1.807) is 0 Å². The summed E-state index contributed by atoms with van der Waals surface area (Å²) in [6, 6.07) is 10.2. The van der Waals surface area contributed by atoms with Gasteiger partial charge in [0.2, 0.25) is 0 Å². The average molecular weight is 249 g/mol. The van der Waals surface area contributed by atoms with Crippen molar-refractivity contribution in [1.29, 1.82) is 0 Å². The molecular weight excluding hydrogens is 222 g/mol. The normalized spacial score (nSPS) is 15.4. The van der Waals surface area contributed by atoms with Gasteiger partial charge in [0.1, 0.15) is 0 Å². The fraction of sp³-hybridized carbons (Fsp3) is 0.625. The third-order valence-electron chi connectivity index (χ3n) is 3.17. The minimum absolute atomic E-state index is 0.0313. The summed E-state index contributed by atoms with van der Waals surface area (Å²) in [6.45, 7) is 9.60. The van der Waals surface area contributed by atoms with E-state index < -0.39 is 0 Å². The zero-order valence-electron chi connectivity index (χ0n) is 12.1. The molecule has 0 aliphatic rings. The Labute approximate surface area is 112 Å². The number of ether oxygens (including phenoxy) is 1. The number of benzene rings is 1. The molecule has 0 aliphatic carbocycles. The summed E-state index contributed by atoms with van der Waals surface area (Å²) in [5, 5.41) is 0. The van der Waals surface area contributed by atoms with Gasteiger partial charge in [-0.3, -0.25) is 0 Å². The van der Waals surface area contributed by atoms with Gasteiger partial charge in [0.25, 0.3) is 0 Å². The van der Waals surface area contributed by atoms with Crippen LogP contribution in [0.15, 0.2) is 30.3 Å². The van der Waals surface area contributed by atoms with E-state index in [4.69, 9.17) is 10.5 Å². The molecule has 0 heterocycles. The molecule has 0 radical (unpaired) electrons. The van der Waals surface area contributed by atoms with E-state index in [0.717, 1.165) is 25.0 Å². The lowest BCUT2D eigenvalue weighted by molar-refractivity contribution is 0.0194. The third kappa shape index (κ3) is 5.19. The van der Waals surface area contributed by atoms with Crippen LogP contribution < -0.4 is 5.73 Å². The van der Waals surface area contributed by atoms with Crippen LogP contribution in [-0.4, -0.2) is 12.7 Å². The van der Waals surface area contributed by atoms with Crippen LogP contribution in [0.3, 0.4) is 0 Å². The topological polar surface area (TPSA) is 35.2 Å². The number of nitrogens with two attached hydrogens (primary N) is 1. The van der Waals surface area contributed by atoms with Crippen molar-refractivity contribution in [2.45, 2.75) is 52.7 Å². The average Bonchev–Trinajstić information content (AvgIpc) is 2.34. The van der Waals surface area contributed by atoms with E-state index in [1.807, 2.05) is 18.2 Å². The highest BCUT2D eigenvalue weighted by atomic mass is 16.5. The summed E-state index contributed by atoms with van der Waals surface area (Å²) >= 11 is 0. The molecule has 2 nitrogen and oxygen atoms in total. The van der Waals surface area contributed by atoms with Crippen molar-refractivity contribution in [2.75, 3.05) is 6.61 Å². The maximum Gasteiger partial charge on any atom is 0.0765 e. The lowest BCUT2D eigenvalue weighted by Gasteiger charge is -2.25. The molecule has 1 aromatic rings. The van der Waals surface area contributed by atoms with Gasteiger partial charge in [-0.25, -0.2) is 0 Å². The molecule has 2 unspecified atom stereocenters. The van der Waals surface area contributed by atoms with Crippen molar-refractivity contribution < 1.29 is 4.74 Å². The van der Waals surface area contributed by atoms with Crippen molar-refractivity contribution in [3.05, 3.63) is 35.9 Å². The predicted molar refractivity (Wildman–Crippen MR) is 77.5 cm³/mol. The van der Waals surface area contributed by atoms with Crippen molar-refractivity contribution in [3.8, 4) is 0 Å². The number of hydrogen-bond donors (Lipinski definition) is 1. The Morgan fingerprint density at radius 1 is 1.17 bits per heavy atom. The van der Waals surface area contributed by atoms with E-state index in [9.17, 15) is 0 Å². The molecular formula is C16H27NO. The van der Waals surface area contributed by atoms with E-state index in [-0.39, 0.29) is 12.1 Å². The van der Waals surface area contributed by atoms with Crippen molar-refractivity contribution in [2.24, 2.45) is 11.1 Å². The molecule has 0 amide bonds. The Morgan fingerprint density at radius 3 is 2.28 bits per heavy atom. The Balaban J connectivity index is 2.51. The summed E-state index contributed by atoms with van der Waals surface area (Å²) in [5.41, 5.74) is 7.74. The summed E-state index contributed by atoms with van der Waals surface area (Å²) < 4.78 is 5.96. The standard InChI is InChI=1S/C16H27NO/c1-5-14(18-12-11-16(2,3)4)15(17)13-9-7-6-8-10-13/h6-10,14-15H,5,11-12,17H2,1-4H3.